The fourth-order valence-electron chi connectivity index (χ4n) is 1.84. The number of nitrogens with zero attached hydrogens (tertiary/aromatic N) is 2. The van der Waals surface area contributed by atoms with Crippen LogP contribution in [0.25, 0.3) is 0 Å². The Morgan fingerprint density at radius 3 is 2.63 bits per heavy atom. The van der Waals surface area contributed by atoms with Gasteiger partial charge in [-0.05, 0) is 53.6 Å². The molecule has 1 aliphatic carbocycles. The number of hydrogen-bond acceptors (Lipinski definition) is 5. The van der Waals surface area contributed by atoms with Crippen LogP contribution in [-0.4, -0.2) is 9.97 Å². The lowest BCUT2D eigenvalue weighted by atomic mass is 10.3. The third-order valence-corrected chi connectivity index (χ3v) is 3.60. The minimum absolute atomic E-state index is 0.491. The van der Waals surface area contributed by atoms with Gasteiger partial charge in [0.15, 0.2) is 0 Å². The van der Waals surface area contributed by atoms with Crippen molar-refractivity contribution in [2.75, 3.05) is 10.7 Å². The highest BCUT2D eigenvalue weighted by molar-refractivity contribution is 14.1. The van der Waals surface area contributed by atoms with Crippen molar-refractivity contribution in [3.05, 3.63) is 39.7 Å². The van der Waals surface area contributed by atoms with Crippen molar-refractivity contribution in [2.24, 2.45) is 5.84 Å². The molecule has 1 fully saturated rings. The van der Waals surface area contributed by atoms with E-state index in [4.69, 9.17) is 5.84 Å². The Kier molecular flexibility index (Phi) is 3.52. The minimum Gasteiger partial charge on any atom is -0.340 e. The third kappa shape index (κ3) is 3.13. The molecule has 0 radical (unpaired) electrons. The number of hydrazine groups is 1. The number of benzene rings is 1. The maximum absolute atomic E-state index is 5.46. The molecule has 1 aromatic heterocycles. The lowest BCUT2D eigenvalue weighted by Gasteiger charge is -2.09. The Hall–Kier alpha value is -1.41. The van der Waals surface area contributed by atoms with Crippen molar-refractivity contribution in [3.8, 4) is 0 Å². The van der Waals surface area contributed by atoms with E-state index in [0.717, 1.165) is 30.2 Å². The van der Waals surface area contributed by atoms with Gasteiger partial charge in [-0.2, -0.15) is 0 Å². The van der Waals surface area contributed by atoms with Gasteiger partial charge in [-0.1, -0.05) is 6.07 Å². The second-order valence-corrected chi connectivity index (χ2v) is 5.80. The van der Waals surface area contributed by atoms with Crippen LogP contribution >= 0.6 is 22.6 Å². The molecule has 0 aliphatic heterocycles. The van der Waals surface area contributed by atoms with Crippen LogP contribution in [0.1, 0.15) is 24.6 Å². The predicted molar refractivity (Wildman–Crippen MR) is 84.3 cm³/mol. The van der Waals surface area contributed by atoms with Gasteiger partial charge < -0.3 is 10.7 Å². The van der Waals surface area contributed by atoms with Crippen molar-refractivity contribution in [3.63, 3.8) is 0 Å². The molecule has 4 N–H and O–H groups in total. The normalized spacial score (nSPS) is 14.2. The Balaban J connectivity index is 1.89. The van der Waals surface area contributed by atoms with E-state index in [1.165, 1.54) is 3.57 Å². The van der Waals surface area contributed by atoms with E-state index in [9.17, 15) is 0 Å². The summed E-state index contributed by atoms with van der Waals surface area (Å²) in [7, 11) is 0. The molecule has 0 unspecified atom stereocenters. The zero-order valence-corrected chi connectivity index (χ0v) is 12.4. The van der Waals surface area contributed by atoms with Crippen molar-refractivity contribution in [1.29, 1.82) is 0 Å². The van der Waals surface area contributed by atoms with Gasteiger partial charge in [-0.3, -0.25) is 0 Å². The molecule has 5 nitrogen and oxygen atoms in total. The van der Waals surface area contributed by atoms with Crippen LogP contribution < -0.4 is 16.6 Å². The minimum atomic E-state index is 0.491. The zero-order valence-electron chi connectivity index (χ0n) is 10.2. The summed E-state index contributed by atoms with van der Waals surface area (Å²) in [6, 6.07) is 9.95. The fourth-order valence-corrected chi connectivity index (χ4v) is 2.39. The van der Waals surface area contributed by atoms with Gasteiger partial charge in [0.2, 0.25) is 0 Å². The number of nitrogen functional groups attached to an aromatic ring is 1. The van der Waals surface area contributed by atoms with E-state index in [-0.39, 0.29) is 0 Å². The van der Waals surface area contributed by atoms with Crippen molar-refractivity contribution >= 4 is 39.9 Å². The highest BCUT2D eigenvalue weighted by atomic mass is 127. The van der Waals surface area contributed by atoms with E-state index in [1.54, 1.807) is 0 Å². The van der Waals surface area contributed by atoms with Gasteiger partial charge in [0.25, 0.3) is 0 Å². The first-order valence-corrected chi connectivity index (χ1v) is 7.20. The second-order valence-electron chi connectivity index (χ2n) is 4.55. The summed E-state index contributed by atoms with van der Waals surface area (Å²) in [6.45, 7) is 0. The maximum atomic E-state index is 5.46. The molecule has 19 heavy (non-hydrogen) atoms. The molecule has 0 spiro atoms. The Morgan fingerprint density at radius 1 is 1.16 bits per heavy atom. The molecule has 0 amide bonds. The predicted octanol–water partition coefficient (Wildman–Crippen LogP) is 2.99. The van der Waals surface area contributed by atoms with Crippen LogP contribution in [0.4, 0.5) is 17.3 Å². The standard InChI is InChI=1S/C13H14IN5/c14-9-2-1-3-10(6-9)16-11-7-12(19-15)18-13(17-11)8-4-5-8/h1-3,6-8H,4-5,15H2,(H2,16,17,18,19). The summed E-state index contributed by atoms with van der Waals surface area (Å²) in [6.07, 6.45) is 2.33. The summed E-state index contributed by atoms with van der Waals surface area (Å²) >= 11 is 2.28. The molecule has 6 heteroatoms. The lowest BCUT2D eigenvalue weighted by molar-refractivity contribution is 0.929. The maximum Gasteiger partial charge on any atom is 0.145 e. The summed E-state index contributed by atoms with van der Waals surface area (Å²) in [5.74, 6) is 8.23. The molecular formula is C13H14IN5. The van der Waals surface area contributed by atoms with Crippen molar-refractivity contribution in [1.82, 2.24) is 9.97 Å². The van der Waals surface area contributed by atoms with Crippen LogP contribution in [0.2, 0.25) is 0 Å². The summed E-state index contributed by atoms with van der Waals surface area (Å²) in [5.41, 5.74) is 3.60. The quantitative estimate of drug-likeness (QED) is 0.440. The monoisotopic (exact) mass is 367 g/mol. The molecule has 0 bridgehead atoms. The second kappa shape index (κ2) is 5.30. The molecule has 2 aromatic rings. The number of aromatic nitrogens is 2. The van der Waals surface area contributed by atoms with E-state index in [1.807, 2.05) is 24.3 Å². The molecule has 98 valence electrons. The van der Waals surface area contributed by atoms with Crippen molar-refractivity contribution in [2.45, 2.75) is 18.8 Å². The first-order chi connectivity index (χ1) is 9.24. The highest BCUT2D eigenvalue weighted by Crippen LogP contribution is 2.39. The molecule has 0 atom stereocenters. The molecule has 1 aromatic carbocycles. The molecule has 1 saturated carbocycles. The Bertz CT molecular complexity index is 597. The number of anilines is 3. The number of hydrogen-bond donors (Lipinski definition) is 3. The number of nitrogens with two attached hydrogens (primary N) is 1. The number of nitrogens with one attached hydrogen (secondary N) is 2. The van der Waals surface area contributed by atoms with Gasteiger partial charge in [0.05, 0.1) is 0 Å². The summed E-state index contributed by atoms with van der Waals surface area (Å²) in [5, 5.41) is 3.29. The lowest BCUT2D eigenvalue weighted by Crippen LogP contribution is -2.11. The van der Waals surface area contributed by atoms with Gasteiger partial charge in [-0.15, -0.1) is 0 Å². The van der Waals surface area contributed by atoms with Crippen LogP contribution in [0, 0.1) is 3.57 Å². The van der Waals surface area contributed by atoms with Crippen LogP contribution in [0.3, 0.4) is 0 Å². The zero-order chi connectivity index (χ0) is 13.2. The van der Waals surface area contributed by atoms with Gasteiger partial charge in [0, 0.05) is 21.2 Å². The Labute approximate surface area is 125 Å². The fraction of sp³-hybridized carbons (Fsp3) is 0.231. The first kappa shape index (κ1) is 12.6. The first-order valence-electron chi connectivity index (χ1n) is 6.13. The molecule has 1 heterocycles. The van der Waals surface area contributed by atoms with Crippen molar-refractivity contribution < 1.29 is 0 Å². The molecule has 3 rings (SSSR count). The average molecular weight is 367 g/mol. The van der Waals surface area contributed by atoms with E-state index in [0.29, 0.717) is 11.7 Å². The molecular weight excluding hydrogens is 353 g/mol. The smallest absolute Gasteiger partial charge is 0.145 e. The topological polar surface area (TPSA) is 75.9 Å². The summed E-state index contributed by atoms with van der Waals surface area (Å²) in [4.78, 5) is 8.93. The number of halogens is 1. The highest BCUT2D eigenvalue weighted by Gasteiger charge is 2.27. The third-order valence-electron chi connectivity index (χ3n) is 2.93. The average Bonchev–Trinajstić information content (AvgIpc) is 3.22. The number of rotatable bonds is 4. The van der Waals surface area contributed by atoms with Crippen LogP contribution in [0.5, 0.6) is 0 Å². The van der Waals surface area contributed by atoms with Gasteiger partial charge in [-0.25, -0.2) is 15.8 Å². The largest absolute Gasteiger partial charge is 0.340 e. The van der Waals surface area contributed by atoms with Crippen LogP contribution in [-0.2, 0) is 0 Å². The van der Waals surface area contributed by atoms with Crippen LogP contribution in [0.15, 0.2) is 30.3 Å². The van der Waals surface area contributed by atoms with Gasteiger partial charge >= 0.3 is 0 Å². The van der Waals surface area contributed by atoms with E-state index < -0.39 is 0 Å². The Morgan fingerprint density at radius 2 is 1.95 bits per heavy atom. The van der Waals surface area contributed by atoms with Gasteiger partial charge in [0.1, 0.15) is 17.5 Å². The summed E-state index contributed by atoms with van der Waals surface area (Å²) < 4.78 is 1.18. The van der Waals surface area contributed by atoms with E-state index >= 15 is 0 Å². The molecule has 1 aliphatic rings. The SMILES string of the molecule is NNc1cc(Nc2cccc(I)c2)nc(C2CC2)n1. The van der Waals surface area contributed by atoms with E-state index in [2.05, 4.69) is 49.4 Å². The molecule has 0 saturated heterocycles.